The van der Waals surface area contributed by atoms with Crippen LogP contribution in [0.1, 0.15) is 31.4 Å². The first-order valence-corrected chi connectivity index (χ1v) is 10.1. The van der Waals surface area contributed by atoms with Crippen molar-refractivity contribution in [1.29, 1.82) is 0 Å². The number of pyridine rings is 1. The smallest absolute Gasteiger partial charge is 0.315 e. The zero-order valence-electron chi connectivity index (χ0n) is 15.6. The first-order valence-electron chi connectivity index (χ1n) is 10.1. The van der Waals surface area contributed by atoms with Gasteiger partial charge >= 0.3 is 6.03 Å². The molecule has 0 spiro atoms. The topological polar surface area (TPSA) is 81.7 Å². The highest BCUT2D eigenvalue weighted by Crippen LogP contribution is 2.44. The number of nitrogens with one attached hydrogen (secondary N) is 2. The standard InChI is InChI=1S/C20H27N3O4/c1-11-16(3-2-6-21-11)27-17-10-26-18-15(9-25-19(17)18)23-20(24)22-14-8-12-4-5-13(14)7-12/h2-3,6,12-15,17-19H,4-5,7-10H2,1H3,(H2,22,23,24)/t12-,13+,14+,15+,17+,18-,19-/m1/s1. The van der Waals surface area contributed by atoms with Crippen molar-refractivity contribution in [3.8, 4) is 5.75 Å². The molecule has 3 heterocycles. The van der Waals surface area contributed by atoms with Crippen LogP contribution in [-0.4, -0.2) is 54.6 Å². The minimum atomic E-state index is -0.182. The molecule has 5 rings (SSSR count). The highest BCUT2D eigenvalue weighted by atomic mass is 16.6. The predicted molar refractivity (Wildman–Crippen MR) is 97.6 cm³/mol. The van der Waals surface area contributed by atoms with Crippen LogP contribution in [0.15, 0.2) is 18.3 Å². The fourth-order valence-electron chi connectivity index (χ4n) is 5.25. The molecular formula is C20H27N3O4. The molecule has 2 bridgehead atoms. The van der Waals surface area contributed by atoms with Gasteiger partial charge in [0.1, 0.15) is 18.0 Å². The second kappa shape index (κ2) is 6.95. The van der Waals surface area contributed by atoms with Crippen LogP contribution in [0.3, 0.4) is 0 Å². The molecule has 2 aliphatic carbocycles. The highest BCUT2D eigenvalue weighted by Gasteiger charge is 2.50. The number of rotatable bonds is 4. The van der Waals surface area contributed by atoms with Crippen molar-refractivity contribution in [2.24, 2.45) is 11.8 Å². The second-order valence-corrected chi connectivity index (χ2v) is 8.34. The quantitative estimate of drug-likeness (QED) is 0.841. The van der Waals surface area contributed by atoms with Gasteiger partial charge in [-0.1, -0.05) is 6.42 Å². The zero-order valence-corrected chi connectivity index (χ0v) is 15.6. The van der Waals surface area contributed by atoms with Gasteiger partial charge in [0, 0.05) is 12.2 Å². The molecule has 0 radical (unpaired) electrons. The summed E-state index contributed by atoms with van der Waals surface area (Å²) in [6, 6.07) is 3.85. The lowest BCUT2D eigenvalue weighted by atomic mass is 9.95. The third kappa shape index (κ3) is 3.27. The van der Waals surface area contributed by atoms with Crippen LogP contribution < -0.4 is 15.4 Å². The maximum absolute atomic E-state index is 12.5. The van der Waals surface area contributed by atoms with Crippen LogP contribution in [-0.2, 0) is 9.47 Å². The van der Waals surface area contributed by atoms with Gasteiger partial charge in [-0.3, -0.25) is 4.98 Å². The number of hydrogen-bond acceptors (Lipinski definition) is 5. The van der Waals surface area contributed by atoms with Gasteiger partial charge in [-0.05, 0) is 50.2 Å². The van der Waals surface area contributed by atoms with Gasteiger partial charge in [0.25, 0.3) is 0 Å². The van der Waals surface area contributed by atoms with E-state index in [1.165, 1.54) is 19.3 Å². The average Bonchev–Trinajstić information content (AvgIpc) is 3.41. The molecule has 0 aromatic carbocycles. The average molecular weight is 373 g/mol. The number of aryl methyl sites for hydroxylation is 1. The van der Waals surface area contributed by atoms with Gasteiger partial charge in [-0.15, -0.1) is 0 Å². The lowest BCUT2D eigenvalue weighted by molar-refractivity contribution is 0.0299. The summed E-state index contributed by atoms with van der Waals surface area (Å²) in [5.41, 5.74) is 0.846. The number of hydrogen-bond donors (Lipinski definition) is 2. The Hall–Kier alpha value is -1.86. The number of fused-ring (bicyclic) bond motifs is 3. The third-order valence-electron chi connectivity index (χ3n) is 6.62. The van der Waals surface area contributed by atoms with Gasteiger partial charge in [0.05, 0.1) is 24.9 Å². The van der Waals surface area contributed by atoms with Crippen molar-refractivity contribution >= 4 is 6.03 Å². The number of nitrogens with zero attached hydrogens (tertiary/aromatic N) is 1. The first kappa shape index (κ1) is 17.3. The van der Waals surface area contributed by atoms with E-state index in [0.29, 0.717) is 25.2 Å². The molecule has 4 aliphatic rings. The number of aromatic nitrogens is 1. The fraction of sp³-hybridized carbons (Fsp3) is 0.700. The number of amides is 2. The molecular weight excluding hydrogens is 346 g/mol. The van der Waals surface area contributed by atoms with Crippen molar-refractivity contribution < 1.29 is 19.0 Å². The van der Waals surface area contributed by atoms with Crippen molar-refractivity contribution in [1.82, 2.24) is 15.6 Å². The highest BCUT2D eigenvalue weighted by molar-refractivity contribution is 5.74. The number of urea groups is 1. The Morgan fingerprint density at radius 1 is 1.15 bits per heavy atom. The normalized spacial score (nSPS) is 39.4. The molecule has 1 aromatic heterocycles. The molecule has 2 saturated carbocycles. The summed E-state index contributed by atoms with van der Waals surface area (Å²) in [5.74, 6) is 2.23. The molecule has 2 N–H and O–H groups in total. The fourth-order valence-corrected chi connectivity index (χ4v) is 5.25. The summed E-state index contributed by atoms with van der Waals surface area (Å²) in [5, 5.41) is 6.24. The molecule has 2 aliphatic heterocycles. The lowest BCUT2D eigenvalue weighted by Crippen LogP contribution is -2.51. The Balaban J connectivity index is 1.16. The molecule has 2 amide bonds. The SMILES string of the molecule is Cc1ncccc1O[C@H]1CO[C@H]2[C@@H]1OC[C@@H]2NC(=O)N[C@H]1C[C@@H]2CC[C@H]1C2. The first-order chi connectivity index (χ1) is 13.2. The number of carbonyl (C=O) groups excluding carboxylic acids is 1. The largest absolute Gasteiger partial charge is 0.483 e. The van der Waals surface area contributed by atoms with E-state index in [9.17, 15) is 4.79 Å². The molecule has 1 aromatic rings. The zero-order chi connectivity index (χ0) is 18.4. The Kier molecular flexibility index (Phi) is 4.44. The van der Waals surface area contributed by atoms with Gasteiger partial charge in [-0.2, -0.15) is 0 Å². The molecule has 7 heteroatoms. The summed E-state index contributed by atoms with van der Waals surface area (Å²) < 4.78 is 17.9. The second-order valence-electron chi connectivity index (χ2n) is 8.34. The van der Waals surface area contributed by atoms with Crippen LogP contribution in [0.4, 0.5) is 4.79 Å². The molecule has 27 heavy (non-hydrogen) atoms. The van der Waals surface area contributed by atoms with Crippen LogP contribution in [0, 0.1) is 18.8 Å². The lowest BCUT2D eigenvalue weighted by Gasteiger charge is -2.25. The van der Waals surface area contributed by atoms with Gasteiger partial charge in [0.2, 0.25) is 0 Å². The third-order valence-corrected chi connectivity index (χ3v) is 6.62. The van der Waals surface area contributed by atoms with Crippen molar-refractivity contribution in [2.45, 2.75) is 63.0 Å². The number of carbonyl (C=O) groups is 1. The summed E-state index contributed by atoms with van der Waals surface area (Å²) in [6.07, 6.45) is 6.21. The van der Waals surface area contributed by atoms with Crippen LogP contribution in [0.5, 0.6) is 5.75 Å². The van der Waals surface area contributed by atoms with E-state index in [1.807, 2.05) is 19.1 Å². The minimum absolute atomic E-state index is 0.0992. The monoisotopic (exact) mass is 373 g/mol. The Labute approximate surface area is 159 Å². The van der Waals surface area contributed by atoms with E-state index in [1.54, 1.807) is 6.20 Å². The maximum Gasteiger partial charge on any atom is 0.315 e. The summed E-state index contributed by atoms with van der Waals surface area (Å²) in [6.45, 7) is 2.82. The molecule has 7 nitrogen and oxygen atoms in total. The minimum Gasteiger partial charge on any atom is -0.483 e. The van der Waals surface area contributed by atoms with E-state index < -0.39 is 0 Å². The number of ether oxygens (including phenoxy) is 3. The van der Waals surface area contributed by atoms with Crippen LogP contribution in [0.2, 0.25) is 0 Å². The van der Waals surface area contributed by atoms with E-state index in [4.69, 9.17) is 14.2 Å². The Morgan fingerprint density at radius 2 is 2.00 bits per heavy atom. The Morgan fingerprint density at radius 3 is 2.78 bits per heavy atom. The van der Waals surface area contributed by atoms with Crippen molar-refractivity contribution in [3.05, 3.63) is 24.0 Å². The van der Waals surface area contributed by atoms with Gasteiger partial charge in [-0.25, -0.2) is 4.79 Å². The molecule has 7 atom stereocenters. The van der Waals surface area contributed by atoms with Gasteiger partial charge in [0.15, 0.2) is 6.10 Å². The summed E-state index contributed by atoms with van der Waals surface area (Å²) in [4.78, 5) is 16.7. The van der Waals surface area contributed by atoms with Crippen LogP contribution in [0.25, 0.3) is 0 Å². The summed E-state index contributed by atoms with van der Waals surface area (Å²) in [7, 11) is 0. The van der Waals surface area contributed by atoms with E-state index >= 15 is 0 Å². The van der Waals surface area contributed by atoms with E-state index in [2.05, 4.69) is 15.6 Å². The summed E-state index contributed by atoms with van der Waals surface area (Å²) >= 11 is 0. The Bertz CT molecular complexity index is 714. The predicted octanol–water partition coefficient (Wildman–Crippen LogP) is 1.79. The van der Waals surface area contributed by atoms with Crippen LogP contribution >= 0.6 is 0 Å². The van der Waals surface area contributed by atoms with Gasteiger partial charge < -0.3 is 24.8 Å². The molecule has 4 fully saturated rings. The maximum atomic E-state index is 12.5. The molecule has 2 saturated heterocycles. The van der Waals surface area contributed by atoms with E-state index in [0.717, 1.165) is 23.8 Å². The van der Waals surface area contributed by atoms with E-state index in [-0.39, 0.29) is 30.4 Å². The molecule has 146 valence electrons. The van der Waals surface area contributed by atoms with Crippen molar-refractivity contribution in [3.63, 3.8) is 0 Å². The van der Waals surface area contributed by atoms with Crippen molar-refractivity contribution in [2.75, 3.05) is 13.2 Å². The molecule has 0 unspecified atom stereocenters.